The van der Waals surface area contributed by atoms with E-state index in [0.717, 1.165) is 19.4 Å². The third-order valence-electron chi connectivity index (χ3n) is 3.88. The van der Waals surface area contributed by atoms with Gasteiger partial charge in [-0.15, -0.1) is 0 Å². The van der Waals surface area contributed by atoms with Crippen molar-refractivity contribution in [1.29, 1.82) is 0 Å². The summed E-state index contributed by atoms with van der Waals surface area (Å²) in [6.45, 7) is 7.14. The van der Waals surface area contributed by atoms with Gasteiger partial charge in [0.2, 0.25) is 0 Å². The smallest absolute Gasteiger partial charge is 0.321 e. The fourth-order valence-corrected chi connectivity index (χ4v) is 2.61. The Morgan fingerprint density at radius 1 is 1.64 bits per heavy atom. The van der Waals surface area contributed by atoms with Crippen LogP contribution in [-0.4, -0.2) is 41.8 Å². The average Bonchev–Trinajstić information content (AvgIpc) is 2.53. The van der Waals surface area contributed by atoms with Gasteiger partial charge in [-0.25, -0.2) is 4.79 Å². The number of carbonyl (C=O) groups is 1. The van der Waals surface area contributed by atoms with Crippen LogP contribution in [0.25, 0.3) is 0 Å². The maximum absolute atomic E-state index is 12.3. The molecule has 0 spiro atoms. The Hall–Kier alpha value is -2.01. The van der Waals surface area contributed by atoms with Crippen LogP contribution < -0.4 is 10.1 Å². The van der Waals surface area contributed by atoms with Gasteiger partial charge in [-0.2, -0.15) is 0 Å². The lowest BCUT2D eigenvalue weighted by Crippen LogP contribution is -2.44. The van der Waals surface area contributed by atoms with Gasteiger partial charge in [-0.05, 0) is 31.9 Å². The second-order valence-electron chi connectivity index (χ2n) is 5.65. The number of likely N-dealkylation sites (tertiary alicyclic amines) is 1. The van der Waals surface area contributed by atoms with Crippen LogP contribution in [-0.2, 0) is 0 Å². The van der Waals surface area contributed by atoms with Crippen molar-refractivity contribution < 1.29 is 14.6 Å². The van der Waals surface area contributed by atoms with E-state index in [0.29, 0.717) is 24.6 Å². The molecule has 0 saturated carbocycles. The Bertz CT molecular complexity index is 516. The first-order valence-electron chi connectivity index (χ1n) is 7.68. The Morgan fingerprint density at radius 3 is 3.18 bits per heavy atom. The molecule has 1 aromatic rings. The van der Waals surface area contributed by atoms with Gasteiger partial charge in [-0.1, -0.05) is 18.7 Å². The van der Waals surface area contributed by atoms with E-state index in [1.165, 1.54) is 0 Å². The number of hydrogen-bond acceptors (Lipinski definition) is 3. The lowest BCUT2D eigenvalue weighted by atomic mass is 9.94. The van der Waals surface area contributed by atoms with E-state index in [4.69, 9.17) is 4.74 Å². The second-order valence-corrected chi connectivity index (χ2v) is 5.65. The minimum atomic E-state index is -0.383. The summed E-state index contributed by atoms with van der Waals surface area (Å²) in [6, 6.07) is 7.16. The summed E-state index contributed by atoms with van der Waals surface area (Å²) < 4.78 is 5.46. The number of carbonyl (C=O) groups excluding carboxylic acids is 1. The van der Waals surface area contributed by atoms with Gasteiger partial charge < -0.3 is 20.1 Å². The summed E-state index contributed by atoms with van der Waals surface area (Å²) in [5.74, 6) is 0.847. The summed E-state index contributed by atoms with van der Waals surface area (Å²) in [6.07, 6.45) is 3.18. The molecule has 0 aliphatic carbocycles. The van der Waals surface area contributed by atoms with Gasteiger partial charge in [0.25, 0.3) is 0 Å². The van der Waals surface area contributed by atoms with Gasteiger partial charge in [0.1, 0.15) is 12.4 Å². The number of ether oxygens (including phenoxy) is 1. The van der Waals surface area contributed by atoms with Crippen LogP contribution in [0, 0.1) is 5.92 Å². The topological polar surface area (TPSA) is 61.8 Å². The van der Waals surface area contributed by atoms with Crippen LogP contribution in [0.3, 0.4) is 0 Å². The zero-order chi connectivity index (χ0) is 15.9. The zero-order valence-corrected chi connectivity index (χ0v) is 13.0. The Kier molecular flexibility index (Phi) is 5.83. The number of amides is 2. The molecule has 2 rings (SSSR count). The highest BCUT2D eigenvalue weighted by Crippen LogP contribution is 2.22. The SMILES string of the molecule is C=CCOc1cccc(NC(=O)N2CCCC(C(C)O)C2)c1. The molecule has 1 aliphatic heterocycles. The zero-order valence-electron chi connectivity index (χ0n) is 13.0. The highest BCUT2D eigenvalue weighted by Gasteiger charge is 2.26. The van der Waals surface area contributed by atoms with Crippen LogP contribution in [0.4, 0.5) is 10.5 Å². The van der Waals surface area contributed by atoms with Crippen molar-refractivity contribution in [2.45, 2.75) is 25.9 Å². The summed E-state index contributed by atoms with van der Waals surface area (Å²) in [4.78, 5) is 14.1. The molecule has 2 atom stereocenters. The van der Waals surface area contributed by atoms with Crippen LogP contribution in [0.5, 0.6) is 5.75 Å². The molecule has 1 heterocycles. The molecule has 2 N–H and O–H groups in total. The molecule has 22 heavy (non-hydrogen) atoms. The van der Waals surface area contributed by atoms with Gasteiger partial charge >= 0.3 is 6.03 Å². The number of urea groups is 1. The molecular weight excluding hydrogens is 280 g/mol. The molecule has 1 aliphatic rings. The molecule has 0 bridgehead atoms. The summed E-state index contributed by atoms with van der Waals surface area (Å²) >= 11 is 0. The number of nitrogens with zero attached hydrogens (tertiary/aromatic N) is 1. The van der Waals surface area contributed by atoms with E-state index in [-0.39, 0.29) is 18.1 Å². The van der Waals surface area contributed by atoms with Crippen molar-refractivity contribution in [3.8, 4) is 5.75 Å². The fraction of sp³-hybridized carbons (Fsp3) is 0.471. The van der Waals surface area contributed by atoms with Crippen LogP contribution >= 0.6 is 0 Å². The minimum Gasteiger partial charge on any atom is -0.489 e. The first-order valence-corrected chi connectivity index (χ1v) is 7.68. The molecule has 5 nitrogen and oxygen atoms in total. The van der Waals surface area contributed by atoms with Gasteiger partial charge in [0.05, 0.1) is 6.10 Å². The van der Waals surface area contributed by atoms with Gasteiger partial charge in [0.15, 0.2) is 0 Å². The molecular formula is C17H24N2O3. The summed E-state index contributed by atoms with van der Waals surface area (Å²) in [7, 11) is 0. The molecule has 2 amide bonds. The molecule has 0 radical (unpaired) electrons. The van der Waals surface area contributed by atoms with Crippen molar-refractivity contribution >= 4 is 11.7 Å². The van der Waals surface area contributed by atoms with Gasteiger partial charge in [0, 0.05) is 30.8 Å². The Balaban J connectivity index is 1.95. The predicted molar refractivity (Wildman–Crippen MR) is 87.1 cm³/mol. The van der Waals surface area contributed by atoms with Crippen molar-refractivity contribution in [2.24, 2.45) is 5.92 Å². The second kappa shape index (κ2) is 7.84. The van der Waals surface area contributed by atoms with Gasteiger partial charge in [-0.3, -0.25) is 0 Å². The first-order chi connectivity index (χ1) is 10.6. The third-order valence-corrected chi connectivity index (χ3v) is 3.88. The number of aliphatic hydroxyl groups is 1. The highest BCUT2D eigenvalue weighted by molar-refractivity contribution is 5.89. The number of anilines is 1. The number of hydrogen-bond donors (Lipinski definition) is 2. The van der Waals surface area contributed by atoms with E-state index < -0.39 is 0 Å². The lowest BCUT2D eigenvalue weighted by molar-refractivity contribution is 0.0766. The van der Waals surface area contributed by atoms with Crippen molar-refractivity contribution in [1.82, 2.24) is 4.90 Å². The Labute approximate surface area is 131 Å². The highest BCUT2D eigenvalue weighted by atomic mass is 16.5. The van der Waals surface area contributed by atoms with Crippen molar-refractivity contribution in [2.75, 3.05) is 25.0 Å². The number of nitrogens with one attached hydrogen (secondary N) is 1. The van der Waals surface area contributed by atoms with E-state index >= 15 is 0 Å². The molecule has 2 unspecified atom stereocenters. The number of rotatable bonds is 5. The number of aliphatic hydroxyl groups excluding tert-OH is 1. The van der Waals surface area contributed by atoms with E-state index in [2.05, 4.69) is 11.9 Å². The van der Waals surface area contributed by atoms with E-state index in [9.17, 15) is 9.90 Å². The molecule has 1 aromatic carbocycles. The van der Waals surface area contributed by atoms with Crippen molar-refractivity contribution in [3.05, 3.63) is 36.9 Å². The minimum absolute atomic E-state index is 0.133. The quantitative estimate of drug-likeness (QED) is 0.822. The maximum atomic E-state index is 12.3. The number of piperidine rings is 1. The third kappa shape index (κ3) is 4.49. The normalized spacial score (nSPS) is 19.4. The van der Waals surface area contributed by atoms with Crippen molar-refractivity contribution in [3.63, 3.8) is 0 Å². The molecule has 5 heteroatoms. The first kappa shape index (κ1) is 16.4. The van der Waals surface area contributed by atoms with E-state index in [1.54, 1.807) is 24.0 Å². The molecule has 1 saturated heterocycles. The average molecular weight is 304 g/mol. The predicted octanol–water partition coefficient (Wildman–Crippen LogP) is 2.88. The fourth-order valence-electron chi connectivity index (χ4n) is 2.61. The maximum Gasteiger partial charge on any atom is 0.321 e. The number of benzene rings is 1. The Morgan fingerprint density at radius 2 is 2.45 bits per heavy atom. The van der Waals surface area contributed by atoms with Crippen LogP contribution in [0.2, 0.25) is 0 Å². The lowest BCUT2D eigenvalue weighted by Gasteiger charge is -2.34. The molecule has 120 valence electrons. The van der Waals surface area contributed by atoms with Crippen LogP contribution in [0.15, 0.2) is 36.9 Å². The molecule has 0 aromatic heterocycles. The largest absolute Gasteiger partial charge is 0.489 e. The molecule has 1 fully saturated rings. The monoisotopic (exact) mass is 304 g/mol. The van der Waals surface area contributed by atoms with E-state index in [1.807, 2.05) is 18.2 Å². The standard InChI is InChI=1S/C17H24N2O3/c1-3-10-22-16-8-4-7-15(11-16)18-17(21)19-9-5-6-14(12-19)13(2)20/h3-4,7-8,11,13-14,20H,1,5-6,9-10,12H2,2H3,(H,18,21). The summed E-state index contributed by atoms with van der Waals surface area (Å²) in [5.41, 5.74) is 0.700. The summed E-state index contributed by atoms with van der Waals surface area (Å²) in [5, 5.41) is 12.6. The van der Waals surface area contributed by atoms with Crippen LogP contribution in [0.1, 0.15) is 19.8 Å².